The summed E-state index contributed by atoms with van der Waals surface area (Å²) in [4.78, 5) is 2.36. The van der Waals surface area contributed by atoms with Crippen LogP contribution in [0.25, 0.3) is 0 Å². The van der Waals surface area contributed by atoms with Crippen LogP contribution in [0, 0.1) is 5.92 Å². The highest BCUT2D eigenvalue weighted by molar-refractivity contribution is 4.70. The second kappa shape index (κ2) is 5.61. The van der Waals surface area contributed by atoms with Crippen molar-refractivity contribution >= 4 is 0 Å². The number of piperidine rings is 1. The molecule has 0 aromatic heterocycles. The van der Waals surface area contributed by atoms with E-state index in [-0.39, 0.29) is 0 Å². The van der Waals surface area contributed by atoms with Gasteiger partial charge < -0.3 is 9.64 Å². The zero-order valence-electron chi connectivity index (χ0n) is 9.25. The fourth-order valence-corrected chi connectivity index (χ4v) is 1.73. The summed E-state index contributed by atoms with van der Waals surface area (Å²) in [5.74, 6) is 0.765. The van der Waals surface area contributed by atoms with Crippen molar-refractivity contribution in [1.29, 1.82) is 0 Å². The maximum atomic E-state index is 5.82. The predicted octanol–water partition coefficient (Wildman–Crippen LogP) is 2.14. The van der Waals surface area contributed by atoms with E-state index in [1.54, 1.807) is 0 Å². The predicted molar refractivity (Wildman–Crippen MR) is 55.9 cm³/mol. The Morgan fingerprint density at radius 2 is 2.23 bits per heavy atom. The van der Waals surface area contributed by atoms with Gasteiger partial charge in [0.25, 0.3) is 0 Å². The molecule has 0 aromatic carbocycles. The molecule has 0 saturated carbocycles. The van der Waals surface area contributed by atoms with Crippen molar-refractivity contribution in [2.24, 2.45) is 5.92 Å². The topological polar surface area (TPSA) is 12.5 Å². The molecule has 0 bridgehead atoms. The van der Waals surface area contributed by atoms with Gasteiger partial charge in [-0.2, -0.15) is 0 Å². The number of nitrogens with zero attached hydrogens (tertiary/aromatic N) is 1. The summed E-state index contributed by atoms with van der Waals surface area (Å²) in [6.07, 6.45) is 4.24. The third-order valence-corrected chi connectivity index (χ3v) is 2.63. The van der Waals surface area contributed by atoms with Crippen molar-refractivity contribution in [2.75, 3.05) is 26.7 Å². The maximum absolute atomic E-state index is 5.82. The van der Waals surface area contributed by atoms with Gasteiger partial charge in [0.05, 0.1) is 6.10 Å². The van der Waals surface area contributed by atoms with Crippen LogP contribution in [-0.4, -0.2) is 37.7 Å². The van der Waals surface area contributed by atoms with E-state index in [4.69, 9.17) is 4.74 Å². The molecule has 0 aromatic rings. The summed E-state index contributed by atoms with van der Waals surface area (Å²) in [5, 5.41) is 0. The molecule has 0 N–H and O–H groups in total. The lowest BCUT2D eigenvalue weighted by atomic mass is 10.1. The molecule has 78 valence electrons. The lowest BCUT2D eigenvalue weighted by Crippen LogP contribution is -2.37. The van der Waals surface area contributed by atoms with Gasteiger partial charge in [-0.3, -0.25) is 0 Å². The van der Waals surface area contributed by atoms with Crippen molar-refractivity contribution in [3.05, 3.63) is 0 Å². The van der Waals surface area contributed by atoms with E-state index in [1.807, 2.05) is 0 Å². The average molecular weight is 185 g/mol. The van der Waals surface area contributed by atoms with Crippen molar-refractivity contribution in [1.82, 2.24) is 4.90 Å². The smallest absolute Gasteiger partial charge is 0.0702 e. The third kappa shape index (κ3) is 4.63. The zero-order valence-corrected chi connectivity index (χ0v) is 9.25. The van der Waals surface area contributed by atoms with Gasteiger partial charge in [0.1, 0.15) is 0 Å². The Kier molecular flexibility index (Phi) is 4.74. The number of rotatable bonds is 4. The molecule has 1 heterocycles. The first-order chi connectivity index (χ1) is 6.18. The molecule has 0 aliphatic carbocycles. The van der Waals surface area contributed by atoms with Crippen molar-refractivity contribution in [2.45, 2.75) is 39.2 Å². The summed E-state index contributed by atoms with van der Waals surface area (Å²) < 4.78 is 5.82. The quantitative estimate of drug-likeness (QED) is 0.665. The Bertz CT molecular complexity index is 136. The lowest BCUT2D eigenvalue weighted by molar-refractivity contribution is 0.00222. The normalized spacial score (nSPS) is 25.4. The minimum atomic E-state index is 0.498. The summed E-state index contributed by atoms with van der Waals surface area (Å²) >= 11 is 0. The van der Waals surface area contributed by atoms with Crippen molar-refractivity contribution < 1.29 is 4.74 Å². The molecule has 13 heavy (non-hydrogen) atoms. The van der Waals surface area contributed by atoms with E-state index >= 15 is 0 Å². The molecule has 0 amide bonds. The second-order valence-corrected chi connectivity index (χ2v) is 4.58. The Balaban J connectivity index is 2.06. The van der Waals surface area contributed by atoms with E-state index in [9.17, 15) is 0 Å². The average Bonchev–Trinajstić information content (AvgIpc) is 2.03. The van der Waals surface area contributed by atoms with Gasteiger partial charge in [0.15, 0.2) is 0 Å². The van der Waals surface area contributed by atoms with Crippen LogP contribution in [0.5, 0.6) is 0 Å². The summed E-state index contributed by atoms with van der Waals surface area (Å²) in [5.41, 5.74) is 0. The van der Waals surface area contributed by atoms with Gasteiger partial charge in [-0.05, 0) is 38.8 Å². The van der Waals surface area contributed by atoms with Gasteiger partial charge in [-0.25, -0.2) is 0 Å². The third-order valence-electron chi connectivity index (χ3n) is 2.63. The minimum Gasteiger partial charge on any atom is -0.377 e. The number of hydrogen-bond acceptors (Lipinski definition) is 2. The molecule has 1 aliphatic heterocycles. The molecule has 1 unspecified atom stereocenters. The fraction of sp³-hybridized carbons (Fsp3) is 1.00. The molecular weight excluding hydrogens is 162 g/mol. The molecule has 1 atom stereocenters. The van der Waals surface area contributed by atoms with Crippen LogP contribution in [0.15, 0.2) is 0 Å². The van der Waals surface area contributed by atoms with Crippen molar-refractivity contribution in [3.8, 4) is 0 Å². The van der Waals surface area contributed by atoms with E-state index in [1.165, 1.54) is 25.8 Å². The van der Waals surface area contributed by atoms with E-state index in [0.717, 1.165) is 19.1 Å². The van der Waals surface area contributed by atoms with Crippen LogP contribution in [0.2, 0.25) is 0 Å². The first-order valence-electron chi connectivity index (χ1n) is 5.48. The zero-order chi connectivity index (χ0) is 9.68. The van der Waals surface area contributed by atoms with Crippen LogP contribution in [-0.2, 0) is 4.74 Å². The maximum Gasteiger partial charge on any atom is 0.0702 e. The standard InChI is InChI=1S/C11H23NO/c1-10(2)6-8-13-11-5-4-7-12(3)9-11/h10-11H,4-9H2,1-3H3. The Labute approximate surface area is 82.3 Å². The van der Waals surface area contributed by atoms with Crippen molar-refractivity contribution in [3.63, 3.8) is 0 Å². The number of hydrogen-bond donors (Lipinski definition) is 0. The van der Waals surface area contributed by atoms with Crippen LogP contribution >= 0.6 is 0 Å². The van der Waals surface area contributed by atoms with Gasteiger partial charge in [-0.1, -0.05) is 13.8 Å². The van der Waals surface area contributed by atoms with E-state index < -0.39 is 0 Å². The van der Waals surface area contributed by atoms with Crippen LogP contribution in [0.4, 0.5) is 0 Å². The molecule has 2 nitrogen and oxygen atoms in total. The second-order valence-electron chi connectivity index (χ2n) is 4.58. The Morgan fingerprint density at radius 3 is 2.85 bits per heavy atom. The molecule has 2 heteroatoms. The van der Waals surface area contributed by atoms with Crippen LogP contribution in [0.1, 0.15) is 33.1 Å². The number of ether oxygens (including phenoxy) is 1. The summed E-state index contributed by atoms with van der Waals surface area (Å²) in [6, 6.07) is 0. The van der Waals surface area contributed by atoms with Crippen LogP contribution < -0.4 is 0 Å². The highest BCUT2D eigenvalue weighted by Gasteiger charge is 2.16. The molecule has 1 rings (SSSR count). The summed E-state index contributed by atoms with van der Waals surface area (Å²) in [6.45, 7) is 7.80. The molecule has 1 fully saturated rings. The molecule has 0 spiro atoms. The number of likely N-dealkylation sites (N-methyl/N-ethyl adjacent to an activating group) is 1. The highest BCUT2D eigenvalue weighted by Crippen LogP contribution is 2.12. The first-order valence-corrected chi connectivity index (χ1v) is 5.48. The molecular formula is C11H23NO. The Hall–Kier alpha value is -0.0800. The van der Waals surface area contributed by atoms with Crippen LogP contribution in [0.3, 0.4) is 0 Å². The highest BCUT2D eigenvalue weighted by atomic mass is 16.5. The SMILES string of the molecule is CC(C)CCOC1CCCN(C)C1. The van der Waals surface area contributed by atoms with E-state index in [2.05, 4.69) is 25.8 Å². The van der Waals surface area contributed by atoms with Gasteiger partial charge in [-0.15, -0.1) is 0 Å². The monoisotopic (exact) mass is 185 g/mol. The molecule has 1 aliphatic rings. The lowest BCUT2D eigenvalue weighted by Gasteiger charge is -2.29. The fourth-order valence-electron chi connectivity index (χ4n) is 1.73. The molecule has 0 radical (unpaired) electrons. The van der Waals surface area contributed by atoms with E-state index in [0.29, 0.717) is 6.10 Å². The Morgan fingerprint density at radius 1 is 1.46 bits per heavy atom. The first kappa shape index (κ1) is 11.0. The minimum absolute atomic E-state index is 0.498. The summed E-state index contributed by atoms with van der Waals surface area (Å²) in [7, 11) is 2.18. The van der Waals surface area contributed by atoms with Gasteiger partial charge >= 0.3 is 0 Å². The molecule has 1 saturated heterocycles. The largest absolute Gasteiger partial charge is 0.377 e. The number of likely N-dealkylation sites (tertiary alicyclic amines) is 1. The van der Waals surface area contributed by atoms with Gasteiger partial charge in [0.2, 0.25) is 0 Å². The van der Waals surface area contributed by atoms with Gasteiger partial charge in [0, 0.05) is 13.2 Å².